The molecule has 1 fully saturated rings. The molecule has 1 saturated heterocycles. The minimum atomic E-state index is -0.479. The quantitative estimate of drug-likeness (QED) is 0.851. The number of carbonyl (C=O) groups is 1. The van der Waals surface area contributed by atoms with Gasteiger partial charge in [0, 0.05) is 18.9 Å². The molecule has 1 aliphatic heterocycles. The molecule has 0 saturated carbocycles. The van der Waals surface area contributed by atoms with Gasteiger partial charge in [0.2, 0.25) is 0 Å². The van der Waals surface area contributed by atoms with Gasteiger partial charge >= 0.3 is 6.09 Å². The summed E-state index contributed by atoms with van der Waals surface area (Å²) < 4.78 is 11.4. The van der Waals surface area contributed by atoms with E-state index in [1.807, 2.05) is 27.7 Å². The number of nitrogens with zero attached hydrogens (tertiary/aromatic N) is 3. The van der Waals surface area contributed by atoms with Crippen LogP contribution in [0.25, 0.3) is 0 Å². The second-order valence-electron chi connectivity index (χ2n) is 6.93. The van der Waals surface area contributed by atoms with Crippen molar-refractivity contribution in [2.24, 2.45) is 0 Å². The lowest BCUT2D eigenvalue weighted by Crippen LogP contribution is -2.48. The van der Waals surface area contributed by atoms with E-state index in [4.69, 9.17) is 9.47 Å². The molecular formula is C17H27N3O3. The van der Waals surface area contributed by atoms with Gasteiger partial charge < -0.3 is 14.4 Å². The molecule has 2 rings (SSSR count). The Morgan fingerprint density at radius 2 is 2.17 bits per heavy atom. The molecule has 6 heteroatoms. The van der Waals surface area contributed by atoms with E-state index in [2.05, 4.69) is 9.97 Å². The third-order valence-corrected chi connectivity index (χ3v) is 3.79. The lowest BCUT2D eigenvalue weighted by molar-refractivity contribution is -0.0218. The number of likely N-dealkylation sites (tertiary alicyclic amines) is 1. The van der Waals surface area contributed by atoms with Crippen molar-refractivity contribution < 1.29 is 14.3 Å². The molecule has 1 aromatic heterocycles. The maximum absolute atomic E-state index is 12.4. The Bertz CT molecular complexity index is 502. The van der Waals surface area contributed by atoms with E-state index in [1.54, 1.807) is 23.5 Å². The van der Waals surface area contributed by atoms with Crippen LogP contribution in [0.5, 0.6) is 0 Å². The van der Waals surface area contributed by atoms with E-state index in [1.165, 1.54) is 0 Å². The summed E-state index contributed by atoms with van der Waals surface area (Å²) in [5.74, 6) is 0. The zero-order valence-corrected chi connectivity index (χ0v) is 14.5. The largest absolute Gasteiger partial charge is 0.444 e. The average Bonchev–Trinajstić information content (AvgIpc) is 2.52. The SMILES string of the molecule is CC(OCC1CCCCN1C(=O)OC(C)(C)C)c1cnccn1. The Morgan fingerprint density at radius 1 is 1.39 bits per heavy atom. The Morgan fingerprint density at radius 3 is 2.83 bits per heavy atom. The molecular weight excluding hydrogens is 294 g/mol. The van der Waals surface area contributed by atoms with Crippen molar-refractivity contribution in [2.75, 3.05) is 13.2 Å². The number of hydrogen-bond donors (Lipinski definition) is 0. The molecule has 0 N–H and O–H groups in total. The molecule has 2 atom stereocenters. The van der Waals surface area contributed by atoms with E-state index in [0.29, 0.717) is 6.61 Å². The van der Waals surface area contributed by atoms with Gasteiger partial charge in [0.1, 0.15) is 5.60 Å². The Hall–Kier alpha value is -1.69. The molecule has 0 bridgehead atoms. The number of aromatic nitrogens is 2. The molecule has 0 radical (unpaired) electrons. The highest BCUT2D eigenvalue weighted by molar-refractivity contribution is 5.68. The normalized spacial score (nSPS) is 20.2. The summed E-state index contributed by atoms with van der Waals surface area (Å²) in [5, 5.41) is 0. The Balaban J connectivity index is 1.92. The van der Waals surface area contributed by atoms with Crippen molar-refractivity contribution in [3.8, 4) is 0 Å². The minimum absolute atomic E-state index is 0.0534. The van der Waals surface area contributed by atoms with Crippen LogP contribution in [0.2, 0.25) is 0 Å². The van der Waals surface area contributed by atoms with Gasteiger partial charge in [-0.3, -0.25) is 9.97 Å². The van der Waals surface area contributed by atoms with Crippen molar-refractivity contribution in [3.63, 3.8) is 0 Å². The van der Waals surface area contributed by atoms with Crippen LogP contribution in [0.3, 0.4) is 0 Å². The zero-order chi connectivity index (χ0) is 16.9. The van der Waals surface area contributed by atoms with Gasteiger partial charge in [-0.25, -0.2) is 4.79 Å². The first-order valence-electron chi connectivity index (χ1n) is 8.24. The van der Waals surface area contributed by atoms with Crippen molar-refractivity contribution in [2.45, 2.75) is 64.7 Å². The van der Waals surface area contributed by atoms with Crippen molar-refractivity contribution >= 4 is 6.09 Å². The van der Waals surface area contributed by atoms with Crippen LogP contribution in [0.4, 0.5) is 4.79 Å². The molecule has 1 amide bonds. The summed E-state index contributed by atoms with van der Waals surface area (Å²) in [4.78, 5) is 22.5. The smallest absolute Gasteiger partial charge is 0.410 e. The van der Waals surface area contributed by atoms with Gasteiger partial charge in [-0.05, 0) is 47.0 Å². The number of ether oxygens (including phenoxy) is 2. The molecule has 23 heavy (non-hydrogen) atoms. The fourth-order valence-electron chi connectivity index (χ4n) is 2.60. The third kappa shape index (κ3) is 5.46. The summed E-state index contributed by atoms with van der Waals surface area (Å²) in [6.07, 6.45) is 7.65. The maximum atomic E-state index is 12.4. The highest BCUT2D eigenvalue weighted by Crippen LogP contribution is 2.22. The van der Waals surface area contributed by atoms with Gasteiger partial charge in [0.15, 0.2) is 0 Å². The van der Waals surface area contributed by atoms with Gasteiger partial charge in [-0.2, -0.15) is 0 Å². The minimum Gasteiger partial charge on any atom is -0.444 e. The Labute approximate surface area is 138 Å². The number of piperidine rings is 1. The van der Waals surface area contributed by atoms with Crippen LogP contribution in [-0.4, -0.2) is 45.8 Å². The predicted molar refractivity (Wildman–Crippen MR) is 87.0 cm³/mol. The summed E-state index contributed by atoms with van der Waals surface area (Å²) in [7, 11) is 0. The second kappa shape index (κ2) is 7.73. The topological polar surface area (TPSA) is 64.5 Å². The number of amides is 1. The molecule has 0 aliphatic carbocycles. The molecule has 1 aromatic rings. The standard InChI is InChI=1S/C17H27N3O3/c1-13(15-11-18-8-9-19-15)22-12-14-7-5-6-10-20(14)16(21)23-17(2,3)4/h8-9,11,13-14H,5-7,10,12H2,1-4H3. The van der Waals surface area contributed by atoms with Crippen LogP contribution in [0, 0.1) is 0 Å². The first-order chi connectivity index (χ1) is 10.9. The van der Waals surface area contributed by atoms with Gasteiger partial charge in [-0.15, -0.1) is 0 Å². The van der Waals surface area contributed by atoms with E-state index < -0.39 is 5.60 Å². The molecule has 128 valence electrons. The average molecular weight is 321 g/mol. The fraction of sp³-hybridized carbons (Fsp3) is 0.706. The van der Waals surface area contributed by atoms with E-state index in [0.717, 1.165) is 31.5 Å². The first kappa shape index (κ1) is 17.7. The van der Waals surface area contributed by atoms with E-state index in [-0.39, 0.29) is 18.2 Å². The number of rotatable bonds is 4. The van der Waals surface area contributed by atoms with Gasteiger partial charge in [0.25, 0.3) is 0 Å². The second-order valence-corrected chi connectivity index (χ2v) is 6.93. The van der Waals surface area contributed by atoms with Crippen molar-refractivity contribution in [1.29, 1.82) is 0 Å². The molecule has 0 aromatic carbocycles. The summed E-state index contributed by atoms with van der Waals surface area (Å²) in [6.45, 7) is 8.81. The van der Waals surface area contributed by atoms with Crippen molar-refractivity contribution in [1.82, 2.24) is 14.9 Å². The predicted octanol–water partition coefficient (Wildman–Crippen LogP) is 3.34. The first-order valence-corrected chi connectivity index (χ1v) is 8.24. The Kier molecular flexibility index (Phi) is 5.93. The zero-order valence-electron chi connectivity index (χ0n) is 14.5. The lowest BCUT2D eigenvalue weighted by Gasteiger charge is -2.37. The van der Waals surface area contributed by atoms with E-state index in [9.17, 15) is 4.79 Å². The lowest BCUT2D eigenvalue weighted by atomic mass is 10.0. The molecule has 2 heterocycles. The maximum Gasteiger partial charge on any atom is 0.410 e. The highest BCUT2D eigenvalue weighted by atomic mass is 16.6. The summed E-state index contributed by atoms with van der Waals surface area (Å²) >= 11 is 0. The van der Waals surface area contributed by atoms with Crippen LogP contribution in [-0.2, 0) is 9.47 Å². The number of carbonyl (C=O) groups excluding carboxylic acids is 1. The summed E-state index contributed by atoms with van der Waals surface area (Å²) in [5.41, 5.74) is 0.319. The van der Waals surface area contributed by atoms with Crippen LogP contribution in [0.1, 0.15) is 58.8 Å². The molecule has 0 spiro atoms. The van der Waals surface area contributed by atoms with Crippen LogP contribution < -0.4 is 0 Å². The van der Waals surface area contributed by atoms with Crippen LogP contribution >= 0.6 is 0 Å². The molecule has 6 nitrogen and oxygen atoms in total. The van der Waals surface area contributed by atoms with Gasteiger partial charge in [0.05, 0.1) is 30.6 Å². The number of hydrogen-bond acceptors (Lipinski definition) is 5. The molecule has 1 aliphatic rings. The van der Waals surface area contributed by atoms with Gasteiger partial charge in [-0.1, -0.05) is 0 Å². The van der Waals surface area contributed by atoms with Crippen molar-refractivity contribution in [3.05, 3.63) is 24.3 Å². The monoisotopic (exact) mass is 321 g/mol. The summed E-state index contributed by atoms with van der Waals surface area (Å²) in [6, 6.07) is 0.0534. The van der Waals surface area contributed by atoms with E-state index >= 15 is 0 Å². The molecule has 2 unspecified atom stereocenters. The van der Waals surface area contributed by atoms with Crippen LogP contribution in [0.15, 0.2) is 18.6 Å². The third-order valence-electron chi connectivity index (χ3n) is 3.79. The fourth-order valence-corrected chi connectivity index (χ4v) is 2.60. The highest BCUT2D eigenvalue weighted by Gasteiger charge is 2.31.